The van der Waals surface area contributed by atoms with Crippen LogP contribution < -0.4 is 10.6 Å². The molecule has 3 rings (SSSR count). The number of benzene rings is 1. The average Bonchev–Trinajstić information content (AvgIpc) is 2.81. The highest BCUT2D eigenvalue weighted by molar-refractivity contribution is 5.98. The van der Waals surface area contributed by atoms with Gasteiger partial charge >= 0.3 is 5.97 Å². The van der Waals surface area contributed by atoms with Crippen LogP contribution in [0.2, 0.25) is 0 Å². The Kier molecular flexibility index (Phi) is 4.62. The maximum Gasteiger partial charge on any atom is 0.338 e. The predicted octanol–water partition coefficient (Wildman–Crippen LogP) is 1.26. The molecule has 0 saturated carbocycles. The van der Waals surface area contributed by atoms with Crippen molar-refractivity contribution in [3.63, 3.8) is 0 Å². The maximum absolute atomic E-state index is 12.1. The summed E-state index contributed by atoms with van der Waals surface area (Å²) in [7, 11) is 0. The summed E-state index contributed by atoms with van der Waals surface area (Å²) in [6.07, 6.45) is 1.91. The normalized spacial score (nSPS) is 17.9. The van der Waals surface area contributed by atoms with Gasteiger partial charge in [0, 0.05) is 17.2 Å². The Hall–Kier alpha value is -1.59. The van der Waals surface area contributed by atoms with Crippen LogP contribution >= 0.6 is 12.4 Å². The van der Waals surface area contributed by atoms with Gasteiger partial charge in [-0.3, -0.25) is 4.79 Å². The maximum atomic E-state index is 12.1. The van der Waals surface area contributed by atoms with E-state index in [2.05, 4.69) is 10.6 Å². The molecule has 0 aliphatic carbocycles. The van der Waals surface area contributed by atoms with Crippen LogP contribution in [-0.2, 0) is 11.3 Å². The molecule has 0 bridgehead atoms. The van der Waals surface area contributed by atoms with E-state index in [4.69, 9.17) is 4.74 Å². The summed E-state index contributed by atoms with van der Waals surface area (Å²) in [5.41, 5.74) is 1.96. The fourth-order valence-corrected chi connectivity index (χ4v) is 2.51. The number of piperidine rings is 1. The van der Waals surface area contributed by atoms with Gasteiger partial charge in [-0.15, -0.1) is 12.4 Å². The standard InChI is InChI=1S/C14H16N2O3.ClH/c17-13(16-11-3-5-15-6-4-11)9-1-2-12-10(7-9)8-19-14(12)18;/h1-2,7,11,15H,3-6,8H2,(H,16,17);1H. The molecule has 2 aliphatic heterocycles. The summed E-state index contributed by atoms with van der Waals surface area (Å²) < 4.78 is 4.93. The van der Waals surface area contributed by atoms with E-state index in [1.54, 1.807) is 18.2 Å². The zero-order valence-electron chi connectivity index (χ0n) is 11.0. The minimum Gasteiger partial charge on any atom is -0.457 e. The van der Waals surface area contributed by atoms with Crippen LogP contribution in [0.5, 0.6) is 0 Å². The summed E-state index contributed by atoms with van der Waals surface area (Å²) in [6, 6.07) is 5.33. The van der Waals surface area contributed by atoms with E-state index >= 15 is 0 Å². The first-order chi connectivity index (χ1) is 9.24. The number of carbonyl (C=O) groups is 2. The second-order valence-electron chi connectivity index (χ2n) is 4.95. The van der Waals surface area contributed by atoms with Crippen molar-refractivity contribution in [3.05, 3.63) is 34.9 Å². The number of rotatable bonds is 2. The highest BCUT2D eigenvalue weighted by atomic mass is 35.5. The molecule has 2 N–H and O–H groups in total. The topological polar surface area (TPSA) is 67.4 Å². The van der Waals surface area contributed by atoms with Crippen molar-refractivity contribution < 1.29 is 14.3 Å². The Morgan fingerprint density at radius 1 is 1.30 bits per heavy atom. The van der Waals surface area contributed by atoms with Gasteiger partial charge in [0.05, 0.1) is 5.56 Å². The SMILES string of the molecule is Cl.O=C(NC1CCNCC1)c1ccc2c(c1)COC2=O. The molecule has 5 nitrogen and oxygen atoms in total. The van der Waals surface area contributed by atoms with Gasteiger partial charge in [0.2, 0.25) is 0 Å². The average molecular weight is 297 g/mol. The number of carbonyl (C=O) groups excluding carboxylic acids is 2. The second-order valence-corrected chi connectivity index (χ2v) is 4.95. The van der Waals surface area contributed by atoms with Crippen molar-refractivity contribution in [2.75, 3.05) is 13.1 Å². The van der Waals surface area contributed by atoms with Gasteiger partial charge < -0.3 is 15.4 Å². The van der Waals surface area contributed by atoms with Crippen LogP contribution in [0, 0.1) is 0 Å². The molecule has 1 aromatic carbocycles. The van der Waals surface area contributed by atoms with E-state index in [-0.39, 0.29) is 36.9 Å². The molecule has 0 aromatic heterocycles. The largest absolute Gasteiger partial charge is 0.457 e. The second kappa shape index (κ2) is 6.24. The predicted molar refractivity (Wildman–Crippen MR) is 76.2 cm³/mol. The van der Waals surface area contributed by atoms with Crippen LogP contribution in [0.3, 0.4) is 0 Å². The number of hydrogen-bond acceptors (Lipinski definition) is 4. The first-order valence-electron chi connectivity index (χ1n) is 6.55. The number of cyclic esters (lactones) is 1. The molecule has 1 saturated heterocycles. The molecule has 1 aromatic rings. The highest BCUT2D eigenvalue weighted by Crippen LogP contribution is 2.21. The van der Waals surface area contributed by atoms with Crippen molar-refractivity contribution in [2.24, 2.45) is 0 Å². The van der Waals surface area contributed by atoms with E-state index in [9.17, 15) is 9.59 Å². The number of ether oxygens (including phenoxy) is 1. The number of esters is 1. The van der Waals surface area contributed by atoms with Crippen LogP contribution in [0.25, 0.3) is 0 Å². The molecule has 0 unspecified atom stereocenters. The number of fused-ring (bicyclic) bond motifs is 1. The number of amides is 1. The van der Waals surface area contributed by atoms with E-state index in [1.165, 1.54) is 0 Å². The Bertz CT molecular complexity index is 527. The molecule has 108 valence electrons. The summed E-state index contributed by atoms with van der Waals surface area (Å²) in [6.45, 7) is 2.15. The third-order valence-corrected chi connectivity index (χ3v) is 3.62. The van der Waals surface area contributed by atoms with Crippen molar-refractivity contribution in [1.29, 1.82) is 0 Å². The monoisotopic (exact) mass is 296 g/mol. The molecular formula is C14H17ClN2O3. The lowest BCUT2D eigenvalue weighted by Crippen LogP contribution is -2.42. The minimum atomic E-state index is -0.305. The fraction of sp³-hybridized carbons (Fsp3) is 0.429. The summed E-state index contributed by atoms with van der Waals surface area (Å²) in [5.74, 6) is -0.380. The van der Waals surface area contributed by atoms with E-state index in [0.717, 1.165) is 31.5 Å². The summed E-state index contributed by atoms with van der Waals surface area (Å²) in [5, 5.41) is 6.29. The molecule has 0 radical (unpaired) electrons. The Labute approximate surface area is 123 Å². The van der Waals surface area contributed by atoms with Gasteiger partial charge in [-0.2, -0.15) is 0 Å². The summed E-state index contributed by atoms with van der Waals surface area (Å²) >= 11 is 0. The lowest BCUT2D eigenvalue weighted by molar-refractivity contribution is 0.0535. The van der Waals surface area contributed by atoms with Crippen LogP contribution in [0.1, 0.15) is 39.1 Å². The van der Waals surface area contributed by atoms with Gasteiger partial charge in [-0.1, -0.05) is 0 Å². The van der Waals surface area contributed by atoms with Gasteiger partial charge in [0.1, 0.15) is 6.61 Å². The molecule has 1 amide bonds. The van der Waals surface area contributed by atoms with Crippen LogP contribution in [0.4, 0.5) is 0 Å². The van der Waals surface area contributed by atoms with Crippen molar-refractivity contribution in [1.82, 2.24) is 10.6 Å². The molecule has 0 spiro atoms. The molecule has 20 heavy (non-hydrogen) atoms. The molecule has 0 atom stereocenters. The lowest BCUT2D eigenvalue weighted by atomic mass is 10.0. The molecule has 6 heteroatoms. The van der Waals surface area contributed by atoms with E-state index in [0.29, 0.717) is 11.1 Å². The quantitative estimate of drug-likeness (QED) is 0.806. The van der Waals surface area contributed by atoms with Gasteiger partial charge in [-0.25, -0.2) is 4.79 Å². The third kappa shape index (κ3) is 2.94. The number of halogens is 1. The van der Waals surface area contributed by atoms with Crippen molar-refractivity contribution in [3.8, 4) is 0 Å². The smallest absolute Gasteiger partial charge is 0.338 e. The van der Waals surface area contributed by atoms with Crippen LogP contribution in [0.15, 0.2) is 18.2 Å². The zero-order chi connectivity index (χ0) is 13.2. The zero-order valence-corrected chi connectivity index (χ0v) is 11.8. The molecule has 2 aliphatic rings. The minimum absolute atomic E-state index is 0. The Morgan fingerprint density at radius 2 is 2.05 bits per heavy atom. The van der Waals surface area contributed by atoms with E-state index < -0.39 is 0 Å². The summed E-state index contributed by atoms with van der Waals surface area (Å²) in [4.78, 5) is 23.5. The van der Waals surface area contributed by atoms with Gasteiger partial charge in [0.25, 0.3) is 5.91 Å². The molecule has 1 fully saturated rings. The van der Waals surface area contributed by atoms with Gasteiger partial charge in [0.15, 0.2) is 0 Å². The first kappa shape index (κ1) is 14.8. The number of hydrogen-bond donors (Lipinski definition) is 2. The molecular weight excluding hydrogens is 280 g/mol. The molecule has 2 heterocycles. The van der Waals surface area contributed by atoms with Crippen molar-refractivity contribution >= 4 is 24.3 Å². The third-order valence-electron chi connectivity index (χ3n) is 3.62. The lowest BCUT2D eigenvalue weighted by Gasteiger charge is -2.23. The van der Waals surface area contributed by atoms with Gasteiger partial charge in [-0.05, 0) is 44.1 Å². The first-order valence-corrected chi connectivity index (χ1v) is 6.55. The van der Waals surface area contributed by atoms with Crippen molar-refractivity contribution in [2.45, 2.75) is 25.5 Å². The Balaban J connectivity index is 0.00000147. The number of nitrogens with one attached hydrogen (secondary N) is 2. The highest BCUT2D eigenvalue weighted by Gasteiger charge is 2.23. The fourth-order valence-electron chi connectivity index (χ4n) is 2.51. The Morgan fingerprint density at radius 3 is 2.80 bits per heavy atom. The van der Waals surface area contributed by atoms with Crippen LogP contribution in [-0.4, -0.2) is 31.0 Å². The van der Waals surface area contributed by atoms with E-state index in [1.807, 2.05) is 0 Å².